The number of carboxylic acid groups (broad SMARTS) is 1. The lowest BCUT2D eigenvalue weighted by Gasteiger charge is -2.25. The van der Waals surface area contributed by atoms with Gasteiger partial charge in [0, 0.05) is 18.0 Å². The molecule has 1 aromatic heterocycles. The van der Waals surface area contributed by atoms with Crippen molar-refractivity contribution < 1.29 is 14.7 Å². The van der Waals surface area contributed by atoms with Crippen molar-refractivity contribution in [3.05, 3.63) is 12.3 Å². The van der Waals surface area contributed by atoms with Gasteiger partial charge in [-0.3, -0.25) is 9.59 Å². The van der Waals surface area contributed by atoms with Gasteiger partial charge in [-0.15, -0.1) is 0 Å². The van der Waals surface area contributed by atoms with E-state index >= 15 is 0 Å². The first kappa shape index (κ1) is 14.6. The van der Waals surface area contributed by atoms with Crippen LogP contribution in [0, 0.1) is 11.8 Å². The smallest absolute Gasteiger partial charge is 0.306 e. The normalized spacial score (nSPS) is 22.8. The van der Waals surface area contributed by atoms with Crippen LogP contribution in [0.3, 0.4) is 0 Å². The predicted molar refractivity (Wildman–Crippen MR) is 74.3 cm³/mol. The van der Waals surface area contributed by atoms with Crippen molar-refractivity contribution in [1.82, 2.24) is 9.78 Å². The van der Waals surface area contributed by atoms with Crippen LogP contribution in [0.1, 0.15) is 45.6 Å². The largest absolute Gasteiger partial charge is 0.481 e. The highest BCUT2D eigenvalue weighted by Crippen LogP contribution is 2.30. The summed E-state index contributed by atoms with van der Waals surface area (Å²) in [7, 11) is 0. The quantitative estimate of drug-likeness (QED) is 0.885. The maximum absolute atomic E-state index is 12.3. The molecular formula is C14H21N3O3. The Morgan fingerprint density at radius 1 is 1.40 bits per heavy atom. The highest BCUT2D eigenvalue weighted by molar-refractivity contribution is 5.92. The molecule has 0 spiro atoms. The molecule has 1 aromatic rings. The Kier molecular flexibility index (Phi) is 4.42. The lowest BCUT2D eigenvalue weighted by atomic mass is 9.81. The van der Waals surface area contributed by atoms with E-state index in [-0.39, 0.29) is 17.9 Å². The number of rotatable bonds is 4. The van der Waals surface area contributed by atoms with Crippen LogP contribution in [0.25, 0.3) is 0 Å². The Hall–Kier alpha value is -1.85. The highest BCUT2D eigenvalue weighted by atomic mass is 16.4. The van der Waals surface area contributed by atoms with E-state index in [0.29, 0.717) is 18.7 Å². The summed E-state index contributed by atoms with van der Waals surface area (Å²) in [5, 5.41) is 16.1. The number of aromatic nitrogens is 2. The molecule has 0 saturated heterocycles. The maximum Gasteiger partial charge on any atom is 0.306 e. The summed E-state index contributed by atoms with van der Waals surface area (Å²) in [5.74, 6) is -0.842. The summed E-state index contributed by atoms with van der Waals surface area (Å²) in [4.78, 5) is 23.3. The number of hydrogen-bond acceptors (Lipinski definition) is 3. The van der Waals surface area contributed by atoms with Gasteiger partial charge in [-0.2, -0.15) is 5.10 Å². The number of amides is 1. The zero-order valence-corrected chi connectivity index (χ0v) is 11.9. The molecule has 0 radical (unpaired) electrons. The molecule has 2 atom stereocenters. The minimum Gasteiger partial charge on any atom is -0.481 e. The second-order valence-corrected chi connectivity index (χ2v) is 5.64. The van der Waals surface area contributed by atoms with Crippen LogP contribution < -0.4 is 5.32 Å². The van der Waals surface area contributed by atoms with Crippen molar-refractivity contribution in [1.29, 1.82) is 0 Å². The van der Waals surface area contributed by atoms with Gasteiger partial charge >= 0.3 is 5.97 Å². The summed E-state index contributed by atoms with van der Waals surface area (Å²) in [5.41, 5.74) is 0. The van der Waals surface area contributed by atoms with Gasteiger partial charge in [0.15, 0.2) is 0 Å². The molecule has 110 valence electrons. The van der Waals surface area contributed by atoms with Crippen molar-refractivity contribution in [2.75, 3.05) is 5.32 Å². The number of nitrogens with one attached hydrogen (secondary N) is 1. The summed E-state index contributed by atoms with van der Waals surface area (Å²) in [6, 6.07) is 1.92. The predicted octanol–water partition coefficient (Wildman–Crippen LogP) is 2.29. The fourth-order valence-corrected chi connectivity index (χ4v) is 2.71. The topological polar surface area (TPSA) is 84.2 Å². The molecule has 6 heteroatoms. The van der Waals surface area contributed by atoms with E-state index in [0.717, 1.165) is 12.8 Å². The van der Waals surface area contributed by atoms with Gasteiger partial charge in [-0.1, -0.05) is 6.42 Å². The van der Waals surface area contributed by atoms with Crippen molar-refractivity contribution >= 4 is 17.7 Å². The molecule has 1 aliphatic rings. The van der Waals surface area contributed by atoms with Crippen LogP contribution in [0.5, 0.6) is 0 Å². The van der Waals surface area contributed by atoms with Crippen molar-refractivity contribution in [2.45, 2.75) is 45.6 Å². The molecule has 2 rings (SSSR count). The summed E-state index contributed by atoms with van der Waals surface area (Å²) in [6.45, 7) is 3.98. The van der Waals surface area contributed by atoms with E-state index in [1.807, 2.05) is 13.8 Å². The first-order valence-electron chi connectivity index (χ1n) is 7.06. The Morgan fingerprint density at radius 3 is 2.75 bits per heavy atom. The highest BCUT2D eigenvalue weighted by Gasteiger charge is 2.31. The van der Waals surface area contributed by atoms with Gasteiger partial charge in [0.1, 0.15) is 5.82 Å². The standard InChI is InChI=1S/C14H21N3O3/c1-9(2)17-12(6-7-15-17)16-13(18)10-4-3-5-11(8-10)14(19)20/h6-7,9-11H,3-5,8H2,1-2H3,(H,16,18)(H,19,20). The molecule has 1 amide bonds. The number of hydrogen-bond donors (Lipinski definition) is 2. The third kappa shape index (κ3) is 3.18. The van der Waals surface area contributed by atoms with Gasteiger partial charge in [0.05, 0.1) is 12.1 Å². The molecular weight excluding hydrogens is 258 g/mol. The molecule has 1 heterocycles. The molecule has 1 aliphatic carbocycles. The van der Waals surface area contributed by atoms with Gasteiger partial charge < -0.3 is 10.4 Å². The Labute approximate surface area is 118 Å². The SMILES string of the molecule is CC(C)n1nccc1NC(=O)C1CCCC(C(=O)O)C1. The molecule has 2 N–H and O–H groups in total. The third-order valence-corrected chi connectivity index (χ3v) is 3.80. The average molecular weight is 279 g/mol. The van der Waals surface area contributed by atoms with Crippen LogP contribution >= 0.6 is 0 Å². The first-order chi connectivity index (χ1) is 9.49. The van der Waals surface area contributed by atoms with Gasteiger partial charge in [-0.05, 0) is 33.1 Å². The van der Waals surface area contributed by atoms with Crippen LogP contribution in [0.2, 0.25) is 0 Å². The van der Waals surface area contributed by atoms with E-state index < -0.39 is 11.9 Å². The molecule has 0 aliphatic heterocycles. The van der Waals surface area contributed by atoms with Crippen molar-refractivity contribution in [2.24, 2.45) is 11.8 Å². The summed E-state index contributed by atoms with van der Waals surface area (Å²) < 4.78 is 1.75. The van der Waals surface area contributed by atoms with E-state index in [1.165, 1.54) is 0 Å². The zero-order valence-electron chi connectivity index (χ0n) is 11.9. The minimum atomic E-state index is -0.797. The van der Waals surface area contributed by atoms with Gasteiger partial charge in [0.25, 0.3) is 0 Å². The number of carbonyl (C=O) groups excluding carboxylic acids is 1. The summed E-state index contributed by atoms with van der Waals surface area (Å²) in [6.07, 6.45) is 4.29. The maximum atomic E-state index is 12.3. The minimum absolute atomic E-state index is 0.0987. The van der Waals surface area contributed by atoms with Crippen molar-refractivity contribution in [3.8, 4) is 0 Å². The zero-order chi connectivity index (χ0) is 14.7. The molecule has 6 nitrogen and oxygen atoms in total. The summed E-state index contributed by atoms with van der Waals surface area (Å²) >= 11 is 0. The average Bonchev–Trinajstić information content (AvgIpc) is 2.87. The Balaban J connectivity index is 2.01. The van der Waals surface area contributed by atoms with Gasteiger partial charge in [0.2, 0.25) is 5.91 Å². The van der Waals surface area contributed by atoms with Crippen molar-refractivity contribution in [3.63, 3.8) is 0 Å². The molecule has 20 heavy (non-hydrogen) atoms. The number of anilines is 1. The monoisotopic (exact) mass is 279 g/mol. The molecule has 2 unspecified atom stereocenters. The molecule has 0 bridgehead atoms. The van der Waals surface area contributed by atoms with Crippen LogP contribution in [0.15, 0.2) is 12.3 Å². The van der Waals surface area contributed by atoms with Crippen LogP contribution in [-0.2, 0) is 9.59 Å². The lowest BCUT2D eigenvalue weighted by Crippen LogP contribution is -2.31. The molecule has 1 fully saturated rings. The Morgan fingerprint density at radius 2 is 2.10 bits per heavy atom. The number of aliphatic carboxylic acids is 1. The van der Waals surface area contributed by atoms with E-state index in [1.54, 1.807) is 16.9 Å². The number of carbonyl (C=O) groups is 2. The third-order valence-electron chi connectivity index (χ3n) is 3.80. The van der Waals surface area contributed by atoms with E-state index in [4.69, 9.17) is 5.11 Å². The lowest BCUT2D eigenvalue weighted by molar-refractivity contribution is -0.143. The second kappa shape index (κ2) is 6.07. The van der Waals surface area contributed by atoms with E-state index in [2.05, 4.69) is 10.4 Å². The second-order valence-electron chi connectivity index (χ2n) is 5.64. The van der Waals surface area contributed by atoms with Crippen LogP contribution in [-0.4, -0.2) is 26.8 Å². The first-order valence-corrected chi connectivity index (χ1v) is 7.06. The van der Waals surface area contributed by atoms with E-state index in [9.17, 15) is 9.59 Å². The number of carboxylic acids is 1. The fourth-order valence-electron chi connectivity index (χ4n) is 2.71. The molecule has 0 aromatic carbocycles. The number of nitrogens with zero attached hydrogens (tertiary/aromatic N) is 2. The van der Waals surface area contributed by atoms with Crippen LogP contribution in [0.4, 0.5) is 5.82 Å². The fraction of sp³-hybridized carbons (Fsp3) is 0.643. The van der Waals surface area contributed by atoms with Gasteiger partial charge in [-0.25, -0.2) is 4.68 Å². The Bertz CT molecular complexity index is 496. The molecule has 1 saturated carbocycles.